The van der Waals surface area contributed by atoms with Crippen LogP contribution in [0, 0.1) is 0 Å². The number of rotatable bonds is 5. The molecule has 0 bridgehead atoms. The molecular formula is C14H21N7. The van der Waals surface area contributed by atoms with Crippen molar-refractivity contribution in [1.82, 2.24) is 30.0 Å². The van der Waals surface area contributed by atoms with Crippen molar-refractivity contribution < 1.29 is 0 Å². The van der Waals surface area contributed by atoms with E-state index in [4.69, 9.17) is 0 Å². The van der Waals surface area contributed by atoms with Crippen LogP contribution in [0.1, 0.15) is 18.1 Å². The molecule has 0 spiro atoms. The summed E-state index contributed by atoms with van der Waals surface area (Å²) in [7, 11) is 1.78. The van der Waals surface area contributed by atoms with Crippen molar-refractivity contribution in [3.63, 3.8) is 0 Å². The van der Waals surface area contributed by atoms with Crippen LogP contribution in [0.3, 0.4) is 0 Å². The zero-order valence-corrected chi connectivity index (χ0v) is 12.3. The molecular weight excluding hydrogens is 266 g/mol. The number of hydrogen-bond acceptors (Lipinski definition) is 3. The third-order valence-corrected chi connectivity index (χ3v) is 3.65. The summed E-state index contributed by atoms with van der Waals surface area (Å²) in [4.78, 5) is 4.23. The lowest BCUT2D eigenvalue weighted by molar-refractivity contribution is 0.645. The minimum Gasteiger partial charge on any atom is -0.355 e. The Morgan fingerprint density at radius 1 is 1.29 bits per heavy atom. The predicted molar refractivity (Wildman–Crippen MR) is 81.0 cm³/mol. The van der Waals surface area contributed by atoms with Gasteiger partial charge in [-0.3, -0.25) is 4.99 Å². The van der Waals surface area contributed by atoms with Crippen LogP contribution < -0.4 is 10.6 Å². The van der Waals surface area contributed by atoms with Crippen molar-refractivity contribution in [1.29, 1.82) is 0 Å². The molecule has 0 radical (unpaired) electrons. The first kappa shape index (κ1) is 13.7. The summed E-state index contributed by atoms with van der Waals surface area (Å²) in [6.45, 7) is 3.41. The molecule has 2 aromatic rings. The molecule has 0 fully saturated rings. The Labute approximate surface area is 124 Å². The van der Waals surface area contributed by atoms with Gasteiger partial charge in [-0.25, -0.2) is 0 Å². The van der Waals surface area contributed by atoms with Crippen molar-refractivity contribution in [3.8, 4) is 0 Å². The van der Waals surface area contributed by atoms with Crippen LogP contribution in [0.25, 0.3) is 0 Å². The van der Waals surface area contributed by atoms with E-state index in [0.29, 0.717) is 6.54 Å². The molecule has 0 unspecified atom stereocenters. The van der Waals surface area contributed by atoms with E-state index in [-0.39, 0.29) is 0 Å². The highest BCUT2D eigenvalue weighted by atomic mass is 15.3. The van der Waals surface area contributed by atoms with Crippen molar-refractivity contribution in [2.45, 2.75) is 32.5 Å². The van der Waals surface area contributed by atoms with Crippen molar-refractivity contribution in [2.24, 2.45) is 4.99 Å². The molecule has 0 atom stereocenters. The van der Waals surface area contributed by atoms with E-state index in [1.54, 1.807) is 7.05 Å². The molecule has 21 heavy (non-hydrogen) atoms. The molecule has 7 heteroatoms. The molecule has 7 nitrogen and oxygen atoms in total. The number of hydrogen-bond donors (Lipinski definition) is 2. The lowest BCUT2D eigenvalue weighted by atomic mass is 10.4. The van der Waals surface area contributed by atoms with Gasteiger partial charge >= 0.3 is 0 Å². The van der Waals surface area contributed by atoms with Crippen LogP contribution in [-0.4, -0.2) is 38.9 Å². The standard InChI is InChI=1S/C14H21N7/c1-15-14(16-6-10-20-7-2-3-8-20)17-11-13-19-18-12-5-4-9-21(12)13/h2-3,7-8H,4-6,9-11H2,1H3,(H2,15,16,17). The van der Waals surface area contributed by atoms with Crippen molar-refractivity contribution in [2.75, 3.05) is 13.6 Å². The third kappa shape index (κ3) is 3.24. The molecule has 0 aliphatic carbocycles. The second-order valence-electron chi connectivity index (χ2n) is 5.06. The molecule has 3 heterocycles. The molecule has 1 aliphatic rings. The van der Waals surface area contributed by atoms with E-state index >= 15 is 0 Å². The Hall–Kier alpha value is -2.31. The average Bonchev–Trinajstić information content (AvgIpc) is 3.20. The lowest BCUT2D eigenvalue weighted by Gasteiger charge is -2.12. The van der Waals surface area contributed by atoms with Crippen LogP contribution in [0.4, 0.5) is 0 Å². The molecule has 112 valence electrons. The number of fused-ring (bicyclic) bond motifs is 1. The minimum atomic E-state index is 0.649. The Balaban J connectivity index is 1.46. The smallest absolute Gasteiger partial charge is 0.191 e. The molecule has 2 N–H and O–H groups in total. The largest absolute Gasteiger partial charge is 0.355 e. The number of nitrogens with one attached hydrogen (secondary N) is 2. The van der Waals surface area contributed by atoms with Crippen LogP contribution in [0.15, 0.2) is 29.5 Å². The Morgan fingerprint density at radius 2 is 2.14 bits per heavy atom. The first-order valence-corrected chi connectivity index (χ1v) is 7.33. The fourth-order valence-electron chi connectivity index (χ4n) is 2.55. The second kappa shape index (κ2) is 6.43. The first-order chi connectivity index (χ1) is 10.4. The molecule has 0 amide bonds. The second-order valence-corrected chi connectivity index (χ2v) is 5.06. The highest BCUT2D eigenvalue weighted by molar-refractivity contribution is 5.79. The quantitative estimate of drug-likeness (QED) is 0.616. The van der Waals surface area contributed by atoms with Gasteiger partial charge < -0.3 is 19.8 Å². The van der Waals surface area contributed by atoms with Gasteiger partial charge in [-0.1, -0.05) is 0 Å². The molecule has 1 aliphatic heterocycles. The highest BCUT2D eigenvalue weighted by Gasteiger charge is 2.16. The SMILES string of the molecule is CN=C(NCCn1cccc1)NCc1nnc2n1CCC2. The monoisotopic (exact) mass is 287 g/mol. The van der Waals surface area contributed by atoms with E-state index in [2.05, 4.69) is 47.4 Å². The predicted octanol–water partition coefficient (Wildman–Crippen LogP) is 0.391. The molecule has 0 aromatic carbocycles. The number of aromatic nitrogens is 4. The summed E-state index contributed by atoms with van der Waals surface area (Å²) in [6.07, 6.45) is 6.31. The molecule has 2 aromatic heterocycles. The van der Waals surface area contributed by atoms with Crippen LogP contribution in [0.2, 0.25) is 0 Å². The maximum Gasteiger partial charge on any atom is 0.191 e. The Bertz CT molecular complexity index is 597. The number of aliphatic imine (C=N–C) groups is 1. The lowest BCUT2D eigenvalue weighted by Crippen LogP contribution is -2.38. The van der Waals surface area contributed by atoms with Gasteiger partial charge in [0, 0.05) is 45.5 Å². The molecule has 3 rings (SSSR count). The van der Waals surface area contributed by atoms with Gasteiger partial charge in [0.2, 0.25) is 0 Å². The summed E-state index contributed by atoms with van der Waals surface area (Å²) < 4.78 is 4.33. The first-order valence-electron chi connectivity index (χ1n) is 7.33. The average molecular weight is 287 g/mol. The maximum absolute atomic E-state index is 4.23. The topological polar surface area (TPSA) is 72.1 Å². The van der Waals surface area contributed by atoms with Crippen LogP contribution in [0.5, 0.6) is 0 Å². The Morgan fingerprint density at radius 3 is 2.95 bits per heavy atom. The molecule has 0 saturated heterocycles. The summed E-state index contributed by atoms with van der Waals surface area (Å²) in [5.41, 5.74) is 0. The molecule has 0 saturated carbocycles. The van der Waals surface area contributed by atoms with Gasteiger partial charge in [0.25, 0.3) is 0 Å². The summed E-state index contributed by atoms with van der Waals surface area (Å²) in [5.74, 6) is 2.87. The van der Waals surface area contributed by atoms with E-state index in [9.17, 15) is 0 Å². The van der Waals surface area contributed by atoms with Gasteiger partial charge in [0.15, 0.2) is 11.8 Å². The van der Waals surface area contributed by atoms with Crippen molar-refractivity contribution >= 4 is 5.96 Å². The fourth-order valence-corrected chi connectivity index (χ4v) is 2.55. The summed E-state index contributed by atoms with van der Waals surface area (Å²) in [5, 5.41) is 15.0. The van der Waals surface area contributed by atoms with Gasteiger partial charge in [0.05, 0.1) is 6.54 Å². The number of nitrogens with zero attached hydrogens (tertiary/aromatic N) is 5. The van der Waals surface area contributed by atoms with E-state index in [1.807, 2.05) is 12.1 Å². The zero-order valence-electron chi connectivity index (χ0n) is 12.3. The van der Waals surface area contributed by atoms with Gasteiger partial charge in [-0.05, 0) is 18.6 Å². The van der Waals surface area contributed by atoms with Crippen molar-refractivity contribution in [3.05, 3.63) is 36.2 Å². The van der Waals surface area contributed by atoms with Crippen LogP contribution >= 0.6 is 0 Å². The maximum atomic E-state index is 4.23. The van der Waals surface area contributed by atoms with Gasteiger partial charge in [0.1, 0.15) is 5.82 Å². The van der Waals surface area contributed by atoms with Gasteiger partial charge in [-0.15, -0.1) is 10.2 Å². The summed E-state index contributed by atoms with van der Waals surface area (Å²) >= 11 is 0. The normalized spacial score (nSPS) is 14.2. The van der Waals surface area contributed by atoms with Crippen LogP contribution in [-0.2, 0) is 26.1 Å². The number of aryl methyl sites for hydroxylation is 1. The zero-order chi connectivity index (χ0) is 14.5. The highest BCUT2D eigenvalue weighted by Crippen LogP contribution is 2.13. The number of guanidine groups is 1. The third-order valence-electron chi connectivity index (χ3n) is 3.65. The van der Waals surface area contributed by atoms with E-state index in [1.165, 1.54) is 6.42 Å². The fraction of sp³-hybridized carbons (Fsp3) is 0.500. The van der Waals surface area contributed by atoms with E-state index in [0.717, 1.165) is 43.7 Å². The Kier molecular flexibility index (Phi) is 4.18. The van der Waals surface area contributed by atoms with Gasteiger partial charge in [-0.2, -0.15) is 0 Å². The summed E-state index contributed by atoms with van der Waals surface area (Å²) in [6, 6.07) is 4.05. The minimum absolute atomic E-state index is 0.649. The van der Waals surface area contributed by atoms with E-state index < -0.39 is 0 Å².